The number of carbonyl (C=O) groups excluding carboxylic acids is 2. The fourth-order valence-corrected chi connectivity index (χ4v) is 2.73. The quantitative estimate of drug-likeness (QED) is 0.471. The van der Waals surface area contributed by atoms with Gasteiger partial charge in [0.05, 0.1) is 12.8 Å². The number of hydrogen-bond donors (Lipinski definition) is 1. The second kappa shape index (κ2) is 9.17. The van der Waals surface area contributed by atoms with Crippen LogP contribution in [-0.4, -0.2) is 25.1 Å². The standard InChI is InChI=1S/C23H19F2NO4/c1-14(23(28)26-21-13-18(24)7-9-20(21)25)30-22(27)10-4-15-3-5-17-12-19(29-2)8-6-16(17)11-15/h3-14H,1-2H3,(H,26,28)/b10-4+/t14-/m0/s1. The summed E-state index contributed by atoms with van der Waals surface area (Å²) in [5.41, 5.74) is 0.440. The van der Waals surface area contributed by atoms with Crippen LogP contribution in [0.2, 0.25) is 0 Å². The van der Waals surface area contributed by atoms with Crippen molar-refractivity contribution in [3.05, 3.63) is 77.9 Å². The predicted molar refractivity (Wildman–Crippen MR) is 110 cm³/mol. The molecule has 3 aromatic rings. The van der Waals surface area contributed by atoms with Crippen LogP contribution in [0.4, 0.5) is 14.5 Å². The summed E-state index contributed by atoms with van der Waals surface area (Å²) in [7, 11) is 1.60. The largest absolute Gasteiger partial charge is 0.497 e. The Kier molecular flexibility index (Phi) is 6.41. The van der Waals surface area contributed by atoms with Crippen LogP contribution >= 0.6 is 0 Å². The molecule has 0 unspecified atom stereocenters. The number of benzene rings is 3. The molecule has 0 heterocycles. The van der Waals surface area contributed by atoms with E-state index in [2.05, 4.69) is 5.32 Å². The van der Waals surface area contributed by atoms with Gasteiger partial charge in [-0.3, -0.25) is 4.79 Å². The molecule has 7 heteroatoms. The fraction of sp³-hybridized carbons (Fsp3) is 0.130. The Hall–Kier alpha value is -3.74. The predicted octanol–water partition coefficient (Wildman–Crippen LogP) is 4.71. The number of esters is 1. The molecule has 1 atom stereocenters. The zero-order valence-electron chi connectivity index (χ0n) is 16.3. The van der Waals surface area contributed by atoms with Crippen LogP contribution in [0.3, 0.4) is 0 Å². The van der Waals surface area contributed by atoms with E-state index in [9.17, 15) is 18.4 Å². The summed E-state index contributed by atoms with van der Waals surface area (Å²) in [5, 5.41) is 4.15. The highest BCUT2D eigenvalue weighted by Crippen LogP contribution is 2.22. The van der Waals surface area contributed by atoms with Crippen molar-refractivity contribution in [2.24, 2.45) is 0 Å². The van der Waals surface area contributed by atoms with Crippen molar-refractivity contribution in [3.8, 4) is 5.75 Å². The highest BCUT2D eigenvalue weighted by Gasteiger charge is 2.18. The summed E-state index contributed by atoms with van der Waals surface area (Å²) in [6.07, 6.45) is 1.55. The van der Waals surface area contributed by atoms with E-state index in [0.717, 1.165) is 40.3 Å². The van der Waals surface area contributed by atoms with E-state index in [4.69, 9.17) is 9.47 Å². The smallest absolute Gasteiger partial charge is 0.331 e. The van der Waals surface area contributed by atoms with E-state index in [-0.39, 0.29) is 5.69 Å². The van der Waals surface area contributed by atoms with Crippen LogP contribution in [0.25, 0.3) is 16.8 Å². The Morgan fingerprint density at radius 2 is 1.73 bits per heavy atom. The molecule has 0 radical (unpaired) electrons. The average molecular weight is 411 g/mol. The zero-order valence-corrected chi connectivity index (χ0v) is 16.3. The van der Waals surface area contributed by atoms with Gasteiger partial charge in [-0.2, -0.15) is 0 Å². The third kappa shape index (κ3) is 5.20. The number of anilines is 1. The van der Waals surface area contributed by atoms with Gasteiger partial charge in [-0.1, -0.05) is 18.2 Å². The van der Waals surface area contributed by atoms with E-state index < -0.39 is 29.6 Å². The van der Waals surface area contributed by atoms with Crippen LogP contribution in [-0.2, 0) is 14.3 Å². The number of nitrogens with one attached hydrogen (secondary N) is 1. The van der Waals surface area contributed by atoms with Crippen LogP contribution in [0.5, 0.6) is 5.75 Å². The Morgan fingerprint density at radius 1 is 1.00 bits per heavy atom. The lowest BCUT2D eigenvalue weighted by atomic mass is 10.1. The van der Waals surface area contributed by atoms with E-state index in [1.165, 1.54) is 13.0 Å². The fourth-order valence-electron chi connectivity index (χ4n) is 2.73. The van der Waals surface area contributed by atoms with Crippen molar-refractivity contribution in [1.82, 2.24) is 0 Å². The van der Waals surface area contributed by atoms with Gasteiger partial charge in [0.1, 0.15) is 17.4 Å². The van der Waals surface area contributed by atoms with E-state index in [1.54, 1.807) is 13.2 Å². The molecule has 3 rings (SSSR count). The first-order valence-corrected chi connectivity index (χ1v) is 9.08. The molecule has 0 aromatic heterocycles. The summed E-state index contributed by atoms with van der Waals surface area (Å²) in [6.45, 7) is 1.34. The van der Waals surface area contributed by atoms with Gasteiger partial charge < -0.3 is 14.8 Å². The highest BCUT2D eigenvalue weighted by molar-refractivity contribution is 5.97. The molecular weight excluding hydrogens is 392 g/mol. The van der Waals surface area contributed by atoms with E-state index in [1.807, 2.05) is 36.4 Å². The lowest BCUT2D eigenvalue weighted by molar-refractivity contribution is -0.148. The maximum absolute atomic E-state index is 13.6. The number of halogens is 2. The molecule has 154 valence electrons. The van der Waals surface area contributed by atoms with Crippen molar-refractivity contribution >= 4 is 34.4 Å². The number of ether oxygens (including phenoxy) is 2. The maximum Gasteiger partial charge on any atom is 0.331 e. The molecule has 1 amide bonds. The lowest BCUT2D eigenvalue weighted by Gasteiger charge is -2.13. The molecule has 0 aliphatic carbocycles. The Balaban J connectivity index is 1.61. The summed E-state index contributed by atoms with van der Waals surface area (Å²) in [4.78, 5) is 24.1. The number of rotatable bonds is 6. The van der Waals surface area contributed by atoms with Gasteiger partial charge in [0.25, 0.3) is 5.91 Å². The molecule has 0 saturated carbocycles. The summed E-state index contributed by atoms with van der Waals surface area (Å²) >= 11 is 0. The van der Waals surface area contributed by atoms with Gasteiger partial charge in [-0.25, -0.2) is 13.6 Å². The summed E-state index contributed by atoms with van der Waals surface area (Å²) in [6, 6.07) is 13.9. The number of hydrogen-bond acceptors (Lipinski definition) is 4. The zero-order chi connectivity index (χ0) is 21.7. The molecule has 0 bridgehead atoms. The summed E-state index contributed by atoms with van der Waals surface area (Å²) < 4.78 is 37.0. The number of carbonyl (C=O) groups is 2. The van der Waals surface area contributed by atoms with Crippen molar-refractivity contribution in [2.75, 3.05) is 12.4 Å². The van der Waals surface area contributed by atoms with Gasteiger partial charge in [0.15, 0.2) is 6.10 Å². The molecule has 0 aliphatic rings. The minimum Gasteiger partial charge on any atom is -0.497 e. The minimum absolute atomic E-state index is 0.328. The van der Waals surface area contributed by atoms with Gasteiger partial charge >= 0.3 is 5.97 Å². The summed E-state index contributed by atoms with van der Waals surface area (Å²) in [5.74, 6) is -2.27. The maximum atomic E-state index is 13.6. The van der Waals surface area contributed by atoms with Gasteiger partial charge in [-0.15, -0.1) is 0 Å². The third-order valence-electron chi connectivity index (χ3n) is 4.33. The first-order chi connectivity index (χ1) is 14.4. The first-order valence-electron chi connectivity index (χ1n) is 9.08. The Labute approximate surface area is 171 Å². The molecule has 30 heavy (non-hydrogen) atoms. The topological polar surface area (TPSA) is 64.6 Å². The number of fused-ring (bicyclic) bond motifs is 1. The first kappa shape index (κ1) is 21.0. The average Bonchev–Trinajstić information content (AvgIpc) is 2.74. The van der Waals surface area contributed by atoms with E-state index in [0.29, 0.717) is 0 Å². The molecule has 0 aliphatic heterocycles. The lowest BCUT2D eigenvalue weighted by Crippen LogP contribution is -2.29. The van der Waals surface area contributed by atoms with Crippen LogP contribution in [0, 0.1) is 11.6 Å². The minimum atomic E-state index is -1.20. The highest BCUT2D eigenvalue weighted by atomic mass is 19.1. The van der Waals surface area contributed by atoms with Gasteiger partial charge in [0.2, 0.25) is 0 Å². The van der Waals surface area contributed by atoms with Crippen LogP contribution in [0.15, 0.2) is 60.7 Å². The van der Waals surface area contributed by atoms with Crippen LogP contribution < -0.4 is 10.1 Å². The van der Waals surface area contributed by atoms with Crippen molar-refractivity contribution in [1.29, 1.82) is 0 Å². The molecule has 0 saturated heterocycles. The second-order valence-corrected chi connectivity index (χ2v) is 6.50. The molecule has 3 aromatic carbocycles. The Morgan fingerprint density at radius 3 is 2.50 bits per heavy atom. The molecule has 0 fully saturated rings. The van der Waals surface area contributed by atoms with E-state index >= 15 is 0 Å². The molecule has 5 nitrogen and oxygen atoms in total. The number of amides is 1. The monoisotopic (exact) mass is 411 g/mol. The van der Waals surface area contributed by atoms with Gasteiger partial charge in [0, 0.05) is 12.1 Å². The molecule has 1 N–H and O–H groups in total. The van der Waals surface area contributed by atoms with Crippen molar-refractivity contribution in [3.63, 3.8) is 0 Å². The second-order valence-electron chi connectivity index (χ2n) is 6.50. The van der Waals surface area contributed by atoms with Crippen LogP contribution in [0.1, 0.15) is 12.5 Å². The third-order valence-corrected chi connectivity index (χ3v) is 4.33. The van der Waals surface area contributed by atoms with Crippen molar-refractivity contribution < 1.29 is 27.8 Å². The SMILES string of the molecule is COc1ccc2cc(/C=C/C(=O)O[C@@H](C)C(=O)Nc3cc(F)ccc3F)ccc2c1. The normalized spacial score (nSPS) is 12.0. The number of methoxy groups -OCH3 is 1. The Bertz CT molecular complexity index is 1130. The molecule has 0 spiro atoms. The molecular formula is C23H19F2NO4. The van der Waals surface area contributed by atoms with Gasteiger partial charge in [-0.05, 0) is 59.7 Å². The van der Waals surface area contributed by atoms with Crippen molar-refractivity contribution in [2.45, 2.75) is 13.0 Å².